The van der Waals surface area contributed by atoms with Crippen molar-refractivity contribution in [1.29, 1.82) is 0 Å². The summed E-state index contributed by atoms with van der Waals surface area (Å²) in [5, 5.41) is 13.5. The summed E-state index contributed by atoms with van der Waals surface area (Å²) in [6.07, 6.45) is -0.468. The Labute approximate surface area is 108 Å². The fraction of sp³-hybridized carbons (Fsp3) is 0.538. The summed E-state index contributed by atoms with van der Waals surface area (Å²) in [4.78, 5) is 0. The van der Waals surface area contributed by atoms with Crippen molar-refractivity contribution in [3.63, 3.8) is 0 Å². The van der Waals surface area contributed by atoms with Crippen molar-refractivity contribution in [3.05, 3.63) is 34.9 Å². The molecule has 17 heavy (non-hydrogen) atoms. The topological polar surface area (TPSA) is 41.5 Å². The summed E-state index contributed by atoms with van der Waals surface area (Å²) >= 11 is 5.78. The minimum atomic E-state index is -0.468. The van der Waals surface area contributed by atoms with Crippen molar-refractivity contribution >= 4 is 11.6 Å². The van der Waals surface area contributed by atoms with Gasteiger partial charge in [-0.25, -0.2) is 0 Å². The molecule has 0 heterocycles. The zero-order chi connectivity index (χ0) is 12.7. The number of aliphatic hydroxyl groups is 1. The highest BCUT2D eigenvalue weighted by molar-refractivity contribution is 6.30. The molecule has 0 saturated carbocycles. The van der Waals surface area contributed by atoms with Gasteiger partial charge in [-0.05, 0) is 17.7 Å². The van der Waals surface area contributed by atoms with Crippen molar-refractivity contribution in [2.24, 2.45) is 0 Å². The van der Waals surface area contributed by atoms with Crippen LogP contribution in [0.2, 0.25) is 5.02 Å². The van der Waals surface area contributed by atoms with Gasteiger partial charge in [-0.2, -0.15) is 0 Å². The summed E-state index contributed by atoms with van der Waals surface area (Å²) in [5.41, 5.74) is 1.05. The second kappa shape index (κ2) is 7.67. The Morgan fingerprint density at radius 3 is 2.53 bits per heavy atom. The molecule has 1 rings (SSSR count). The standard InChI is InChI=1S/C13H20ClNO2/c1-10(2)15-7-13(16)9-17-8-11-3-5-12(14)6-4-11/h3-6,10,13,15-16H,7-9H2,1-2H3/t13-/m1/s1. The summed E-state index contributed by atoms with van der Waals surface area (Å²) in [6.45, 7) is 5.47. The maximum atomic E-state index is 9.61. The number of nitrogens with one attached hydrogen (secondary N) is 1. The Hall–Kier alpha value is -0.610. The lowest BCUT2D eigenvalue weighted by Gasteiger charge is -2.14. The quantitative estimate of drug-likeness (QED) is 0.787. The molecule has 1 aromatic rings. The van der Waals surface area contributed by atoms with E-state index in [9.17, 15) is 5.11 Å². The predicted octanol–water partition coefficient (Wildman–Crippen LogP) is 2.22. The summed E-state index contributed by atoms with van der Waals surface area (Å²) < 4.78 is 5.42. The zero-order valence-corrected chi connectivity index (χ0v) is 11.1. The minimum absolute atomic E-state index is 0.336. The average molecular weight is 258 g/mol. The first kappa shape index (κ1) is 14.5. The van der Waals surface area contributed by atoms with Crippen molar-refractivity contribution in [2.45, 2.75) is 32.6 Å². The van der Waals surface area contributed by atoms with Gasteiger partial charge < -0.3 is 15.2 Å². The van der Waals surface area contributed by atoms with Gasteiger partial charge in [-0.1, -0.05) is 37.6 Å². The van der Waals surface area contributed by atoms with Gasteiger partial charge in [0.15, 0.2) is 0 Å². The maximum absolute atomic E-state index is 9.61. The number of benzene rings is 1. The van der Waals surface area contributed by atoms with E-state index in [1.165, 1.54) is 0 Å². The minimum Gasteiger partial charge on any atom is -0.389 e. The highest BCUT2D eigenvalue weighted by Gasteiger charge is 2.04. The molecule has 0 radical (unpaired) electrons. The molecule has 0 aliphatic heterocycles. The molecular weight excluding hydrogens is 238 g/mol. The van der Waals surface area contributed by atoms with E-state index < -0.39 is 6.10 Å². The smallest absolute Gasteiger partial charge is 0.0897 e. The lowest BCUT2D eigenvalue weighted by atomic mass is 10.2. The molecular formula is C13H20ClNO2. The van der Waals surface area contributed by atoms with Crippen LogP contribution in [0.15, 0.2) is 24.3 Å². The molecule has 1 aromatic carbocycles. The summed E-state index contributed by atoms with van der Waals surface area (Å²) in [7, 11) is 0. The SMILES string of the molecule is CC(C)NC[C@@H](O)COCc1ccc(Cl)cc1. The number of rotatable bonds is 7. The van der Waals surface area contributed by atoms with E-state index in [-0.39, 0.29) is 0 Å². The largest absolute Gasteiger partial charge is 0.389 e. The number of hydrogen-bond donors (Lipinski definition) is 2. The lowest BCUT2D eigenvalue weighted by molar-refractivity contribution is 0.0281. The fourth-order valence-corrected chi connectivity index (χ4v) is 1.45. The fourth-order valence-electron chi connectivity index (χ4n) is 1.32. The van der Waals surface area contributed by atoms with Gasteiger partial charge >= 0.3 is 0 Å². The van der Waals surface area contributed by atoms with Crippen LogP contribution in [0.4, 0.5) is 0 Å². The van der Waals surface area contributed by atoms with Gasteiger partial charge in [0.05, 0.1) is 19.3 Å². The second-order valence-corrected chi connectivity index (χ2v) is 4.79. The van der Waals surface area contributed by atoms with E-state index in [1.54, 1.807) is 0 Å². The van der Waals surface area contributed by atoms with Crippen molar-refractivity contribution in [3.8, 4) is 0 Å². The Morgan fingerprint density at radius 2 is 1.94 bits per heavy atom. The van der Waals surface area contributed by atoms with Crippen LogP contribution in [0, 0.1) is 0 Å². The number of halogens is 1. The van der Waals surface area contributed by atoms with E-state index >= 15 is 0 Å². The number of ether oxygens (including phenoxy) is 1. The third-order valence-electron chi connectivity index (χ3n) is 2.25. The van der Waals surface area contributed by atoms with Gasteiger partial charge in [0.2, 0.25) is 0 Å². The van der Waals surface area contributed by atoms with E-state index in [4.69, 9.17) is 16.3 Å². The molecule has 0 aliphatic rings. The van der Waals surface area contributed by atoms with E-state index in [2.05, 4.69) is 5.32 Å². The average Bonchev–Trinajstić information content (AvgIpc) is 2.29. The lowest BCUT2D eigenvalue weighted by Crippen LogP contribution is -2.34. The van der Waals surface area contributed by atoms with Gasteiger partial charge in [0.25, 0.3) is 0 Å². The maximum Gasteiger partial charge on any atom is 0.0897 e. The molecule has 0 bridgehead atoms. The van der Waals surface area contributed by atoms with Crippen LogP contribution in [0.25, 0.3) is 0 Å². The monoisotopic (exact) mass is 257 g/mol. The molecule has 96 valence electrons. The Bertz CT molecular complexity index is 314. The molecule has 0 aliphatic carbocycles. The van der Waals surface area contributed by atoms with E-state index in [0.29, 0.717) is 25.8 Å². The molecule has 0 spiro atoms. The Kier molecular flexibility index (Phi) is 6.52. The first-order chi connectivity index (χ1) is 8.08. The number of aliphatic hydroxyl groups excluding tert-OH is 1. The zero-order valence-electron chi connectivity index (χ0n) is 10.3. The van der Waals surface area contributed by atoms with Gasteiger partial charge in [-0.15, -0.1) is 0 Å². The van der Waals surface area contributed by atoms with E-state index in [1.807, 2.05) is 38.1 Å². The van der Waals surface area contributed by atoms with Crippen LogP contribution in [-0.2, 0) is 11.3 Å². The molecule has 2 N–H and O–H groups in total. The van der Waals surface area contributed by atoms with E-state index in [0.717, 1.165) is 10.6 Å². The summed E-state index contributed by atoms with van der Waals surface area (Å²) in [5.74, 6) is 0. The first-order valence-corrected chi connectivity index (χ1v) is 6.19. The van der Waals surface area contributed by atoms with Crippen LogP contribution in [0.5, 0.6) is 0 Å². The molecule has 3 nitrogen and oxygen atoms in total. The molecule has 0 fully saturated rings. The second-order valence-electron chi connectivity index (χ2n) is 4.36. The Balaban J connectivity index is 2.16. The highest BCUT2D eigenvalue weighted by atomic mass is 35.5. The van der Waals surface area contributed by atoms with Crippen molar-refractivity contribution in [1.82, 2.24) is 5.32 Å². The van der Waals surface area contributed by atoms with Crippen LogP contribution in [0.1, 0.15) is 19.4 Å². The van der Waals surface area contributed by atoms with Crippen LogP contribution >= 0.6 is 11.6 Å². The first-order valence-electron chi connectivity index (χ1n) is 5.81. The predicted molar refractivity (Wildman–Crippen MR) is 70.3 cm³/mol. The highest BCUT2D eigenvalue weighted by Crippen LogP contribution is 2.10. The molecule has 0 aromatic heterocycles. The molecule has 0 amide bonds. The van der Waals surface area contributed by atoms with Crippen molar-refractivity contribution in [2.75, 3.05) is 13.2 Å². The summed E-state index contributed by atoms with van der Waals surface area (Å²) in [6, 6.07) is 7.87. The van der Waals surface area contributed by atoms with Gasteiger partial charge in [0.1, 0.15) is 0 Å². The molecule has 0 saturated heterocycles. The number of hydrogen-bond acceptors (Lipinski definition) is 3. The Morgan fingerprint density at radius 1 is 1.29 bits per heavy atom. The molecule has 0 unspecified atom stereocenters. The third-order valence-corrected chi connectivity index (χ3v) is 2.51. The molecule has 4 heteroatoms. The van der Waals surface area contributed by atoms with Crippen molar-refractivity contribution < 1.29 is 9.84 Å². The normalized spacial score (nSPS) is 13.0. The third kappa shape index (κ3) is 6.64. The van der Waals surface area contributed by atoms with Crippen LogP contribution in [-0.4, -0.2) is 30.4 Å². The van der Waals surface area contributed by atoms with Crippen LogP contribution < -0.4 is 5.32 Å². The van der Waals surface area contributed by atoms with Gasteiger partial charge in [-0.3, -0.25) is 0 Å². The van der Waals surface area contributed by atoms with Crippen LogP contribution in [0.3, 0.4) is 0 Å². The molecule has 1 atom stereocenters. The van der Waals surface area contributed by atoms with Gasteiger partial charge in [0, 0.05) is 17.6 Å².